The molecule has 9 heteroatoms. The number of esters is 1. The van der Waals surface area contributed by atoms with Gasteiger partial charge in [0.25, 0.3) is 5.56 Å². The predicted molar refractivity (Wildman–Crippen MR) is 98.1 cm³/mol. The minimum absolute atomic E-state index is 0.158. The standard InChI is InChI=1S/C14H13Cl2N3O4.C2H6/c1-3-23-7-4-8(15)11(9(16)5-7)19-6-18-12(17)10(13(19)20)14(21)22-2;1-2/h4-6H,3,17H2,1-2H3;1-2H3. The summed E-state index contributed by atoms with van der Waals surface area (Å²) in [5, 5.41) is 0.316. The summed E-state index contributed by atoms with van der Waals surface area (Å²) < 4.78 is 10.9. The van der Waals surface area contributed by atoms with Crippen molar-refractivity contribution in [1.82, 2.24) is 9.55 Å². The topological polar surface area (TPSA) is 96.4 Å². The summed E-state index contributed by atoms with van der Waals surface area (Å²) in [6.07, 6.45) is 1.14. The number of aromatic nitrogens is 2. The molecule has 0 radical (unpaired) electrons. The summed E-state index contributed by atoms with van der Waals surface area (Å²) in [5.74, 6) is -0.681. The van der Waals surface area contributed by atoms with Crippen molar-refractivity contribution in [2.24, 2.45) is 0 Å². The molecule has 2 N–H and O–H groups in total. The molecule has 1 aromatic carbocycles. The smallest absolute Gasteiger partial charge is 0.347 e. The number of benzene rings is 1. The molecule has 0 spiro atoms. The average Bonchev–Trinajstić information content (AvgIpc) is 2.58. The molecular formula is C16H19Cl2N3O4. The molecule has 0 aliphatic carbocycles. The lowest BCUT2D eigenvalue weighted by molar-refractivity contribution is 0.0599. The van der Waals surface area contributed by atoms with E-state index in [0.29, 0.717) is 12.4 Å². The Labute approximate surface area is 155 Å². The number of rotatable bonds is 4. The van der Waals surface area contributed by atoms with Crippen LogP contribution < -0.4 is 16.0 Å². The van der Waals surface area contributed by atoms with Crippen molar-refractivity contribution in [3.05, 3.63) is 44.4 Å². The summed E-state index contributed by atoms with van der Waals surface area (Å²) >= 11 is 12.4. The van der Waals surface area contributed by atoms with Gasteiger partial charge in [-0.3, -0.25) is 9.36 Å². The van der Waals surface area contributed by atoms with Gasteiger partial charge in [-0.05, 0) is 6.92 Å². The summed E-state index contributed by atoms with van der Waals surface area (Å²) in [5.41, 5.74) is 4.61. The van der Waals surface area contributed by atoms with Gasteiger partial charge in [0.05, 0.1) is 29.4 Å². The number of nitrogen functional groups attached to an aromatic ring is 1. The molecule has 0 aliphatic rings. The fraction of sp³-hybridized carbons (Fsp3) is 0.312. The number of hydrogen-bond acceptors (Lipinski definition) is 6. The third kappa shape index (κ3) is 4.43. The van der Waals surface area contributed by atoms with E-state index in [-0.39, 0.29) is 21.6 Å². The van der Waals surface area contributed by atoms with Gasteiger partial charge >= 0.3 is 5.97 Å². The number of carbonyl (C=O) groups is 1. The average molecular weight is 388 g/mol. The van der Waals surface area contributed by atoms with Crippen molar-refractivity contribution in [2.75, 3.05) is 19.5 Å². The third-order valence-electron chi connectivity index (χ3n) is 2.93. The lowest BCUT2D eigenvalue weighted by atomic mass is 10.2. The summed E-state index contributed by atoms with van der Waals surface area (Å²) in [7, 11) is 1.13. The molecule has 0 atom stereocenters. The highest BCUT2D eigenvalue weighted by Crippen LogP contribution is 2.32. The zero-order valence-electron chi connectivity index (χ0n) is 14.3. The highest BCUT2D eigenvalue weighted by atomic mass is 35.5. The molecule has 1 heterocycles. The van der Waals surface area contributed by atoms with Gasteiger partial charge < -0.3 is 15.2 Å². The number of nitrogens with zero attached hydrogens (tertiary/aromatic N) is 2. The molecule has 1 aromatic heterocycles. The van der Waals surface area contributed by atoms with Crippen LogP contribution in [0.15, 0.2) is 23.3 Å². The summed E-state index contributed by atoms with van der Waals surface area (Å²) in [4.78, 5) is 28.0. The van der Waals surface area contributed by atoms with Crippen molar-refractivity contribution in [3.8, 4) is 11.4 Å². The summed E-state index contributed by atoms with van der Waals surface area (Å²) in [6, 6.07) is 3.01. The van der Waals surface area contributed by atoms with E-state index in [4.69, 9.17) is 33.7 Å². The Morgan fingerprint density at radius 1 is 1.28 bits per heavy atom. The highest BCUT2D eigenvalue weighted by molar-refractivity contribution is 6.38. The highest BCUT2D eigenvalue weighted by Gasteiger charge is 2.21. The van der Waals surface area contributed by atoms with Crippen LogP contribution in [-0.2, 0) is 4.74 Å². The Kier molecular flexibility index (Phi) is 7.73. The van der Waals surface area contributed by atoms with E-state index in [0.717, 1.165) is 18.0 Å². The first kappa shape index (κ1) is 20.8. The van der Waals surface area contributed by atoms with Gasteiger partial charge in [-0.1, -0.05) is 37.0 Å². The Hall–Kier alpha value is -2.25. The molecule has 2 rings (SSSR count). The van der Waals surface area contributed by atoms with E-state index >= 15 is 0 Å². The molecular weight excluding hydrogens is 369 g/mol. The maximum absolute atomic E-state index is 12.5. The van der Waals surface area contributed by atoms with Crippen molar-refractivity contribution in [3.63, 3.8) is 0 Å². The molecule has 0 amide bonds. The van der Waals surface area contributed by atoms with Gasteiger partial charge in [-0.25, -0.2) is 9.78 Å². The van der Waals surface area contributed by atoms with Crippen LogP contribution in [0.5, 0.6) is 5.75 Å². The van der Waals surface area contributed by atoms with Crippen LogP contribution in [-0.4, -0.2) is 29.2 Å². The number of methoxy groups -OCH3 is 1. The zero-order valence-corrected chi connectivity index (χ0v) is 15.8. The quantitative estimate of drug-likeness (QED) is 0.807. The minimum Gasteiger partial charge on any atom is -0.494 e. The number of hydrogen-bond donors (Lipinski definition) is 1. The molecule has 2 aromatic rings. The third-order valence-corrected chi connectivity index (χ3v) is 3.51. The molecule has 7 nitrogen and oxygen atoms in total. The lowest BCUT2D eigenvalue weighted by Gasteiger charge is -2.13. The van der Waals surface area contributed by atoms with Crippen LogP contribution in [0.3, 0.4) is 0 Å². The van der Waals surface area contributed by atoms with Gasteiger partial charge in [-0.2, -0.15) is 0 Å². The molecule has 0 fully saturated rings. The monoisotopic (exact) mass is 387 g/mol. The number of ether oxygens (including phenoxy) is 2. The van der Waals surface area contributed by atoms with Crippen LogP contribution in [0, 0.1) is 0 Å². The Bertz CT molecular complexity index is 799. The van der Waals surface area contributed by atoms with Crippen molar-refractivity contribution in [2.45, 2.75) is 20.8 Å². The van der Waals surface area contributed by atoms with Crippen LogP contribution >= 0.6 is 23.2 Å². The lowest BCUT2D eigenvalue weighted by Crippen LogP contribution is -2.28. The first-order valence-electron chi connectivity index (χ1n) is 7.48. The minimum atomic E-state index is -0.896. The largest absolute Gasteiger partial charge is 0.494 e. The predicted octanol–water partition coefficient (Wildman–Crippen LogP) is 3.33. The number of anilines is 1. The van der Waals surface area contributed by atoms with Gasteiger partial charge in [0.15, 0.2) is 5.56 Å². The fourth-order valence-corrected chi connectivity index (χ4v) is 2.59. The number of nitrogens with two attached hydrogens (primary N) is 1. The van der Waals surface area contributed by atoms with E-state index in [9.17, 15) is 9.59 Å². The normalized spacial score (nSPS) is 9.84. The molecule has 136 valence electrons. The first-order chi connectivity index (χ1) is 11.9. The molecule has 0 saturated heterocycles. The second kappa shape index (κ2) is 9.29. The number of carbonyl (C=O) groups excluding carboxylic acids is 1. The van der Waals surface area contributed by atoms with Crippen LogP contribution in [0.2, 0.25) is 10.0 Å². The van der Waals surface area contributed by atoms with Crippen molar-refractivity contribution >= 4 is 35.0 Å². The molecule has 0 bridgehead atoms. The zero-order chi connectivity index (χ0) is 19.1. The van der Waals surface area contributed by atoms with E-state index in [2.05, 4.69) is 9.72 Å². The molecule has 25 heavy (non-hydrogen) atoms. The van der Waals surface area contributed by atoms with Gasteiger partial charge in [0, 0.05) is 12.1 Å². The van der Waals surface area contributed by atoms with E-state index < -0.39 is 17.1 Å². The van der Waals surface area contributed by atoms with Crippen molar-refractivity contribution < 1.29 is 14.3 Å². The van der Waals surface area contributed by atoms with E-state index in [1.807, 2.05) is 20.8 Å². The van der Waals surface area contributed by atoms with Gasteiger partial charge in [-0.15, -0.1) is 0 Å². The molecule has 0 aliphatic heterocycles. The van der Waals surface area contributed by atoms with E-state index in [1.165, 1.54) is 12.1 Å². The number of halogens is 2. The molecule has 0 saturated carbocycles. The Morgan fingerprint density at radius 3 is 2.32 bits per heavy atom. The van der Waals surface area contributed by atoms with Crippen LogP contribution in [0.1, 0.15) is 31.1 Å². The van der Waals surface area contributed by atoms with Gasteiger partial charge in [0.1, 0.15) is 17.9 Å². The molecule has 0 unspecified atom stereocenters. The van der Waals surface area contributed by atoms with Crippen LogP contribution in [0.25, 0.3) is 5.69 Å². The second-order valence-corrected chi connectivity index (χ2v) is 5.15. The first-order valence-corrected chi connectivity index (χ1v) is 8.24. The Balaban J connectivity index is 0.00000151. The second-order valence-electron chi connectivity index (χ2n) is 4.34. The maximum Gasteiger partial charge on any atom is 0.347 e. The van der Waals surface area contributed by atoms with Crippen LogP contribution in [0.4, 0.5) is 5.82 Å². The van der Waals surface area contributed by atoms with E-state index in [1.54, 1.807) is 0 Å². The van der Waals surface area contributed by atoms with Crippen molar-refractivity contribution in [1.29, 1.82) is 0 Å². The maximum atomic E-state index is 12.5. The van der Waals surface area contributed by atoms with Gasteiger partial charge in [0.2, 0.25) is 0 Å². The fourth-order valence-electron chi connectivity index (χ4n) is 1.94. The SMILES string of the molecule is CC.CCOc1cc(Cl)c(-n2cnc(N)c(C(=O)OC)c2=O)c(Cl)c1. The summed E-state index contributed by atoms with van der Waals surface area (Å²) in [6.45, 7) is 6.24. The Morgan fingerprint density at radius 2 is 1.84 bits per heavy atom.